The van der Waals surface area contributed by atoms with E-state index in [0.717, 1.165) is 34.6 Å². The predicted octanol–water partition coefficient (Wildman–Crippen LogP) is 10.4. The van der Waals surface area contributed by atoms with E-state index in [1.165, 1.54) is 34.7 Å². The Labute approximate surface area is 338 Å². The molecule has 0 aliphatic heterocycles. The first-order chi connectivity index (χ1) is 26.6. The lowest BCUT2D eigenvalue weighted by molar-refractivity contribution is -0.116. The first-order valence-electron chi connectivity index (χ1n) is 17.9. The number of carbonyl (C=O) groups excluding carboxylic acids is 4. The van der Waals surface area contributed by atoms with E-state index in [1.807, 2.05) is 31.2 Å². The number of thioether (sulfide) groups is 1. The number of hydrogen-bond donors (Lipinski definition) is 3. The van der Waals surface area contributed by atoms with Gasteiger partial charge in [-0.1, -0.05) is 90.8 Å². The van der Waals surface area contributed by atoms with Crippen LogP contribution in [0.25, 0.3) is 6.08 Å². The third kappa shape index (κ3) is 9.87. The first-order valence-corrected chi connectivity index (χ1v) is 20.4. The average Bonchev–Trinajstić information content (AvgIpc) is 3.55. The number of rotatable bonds is 13. The highest BCUT2D eigenvalue weighted by molar-refractivity contribution is 8.00. The lowest BCUT2D eigenvalue weighted by Gasteiger charge is -2.23. The molecule has 1 aliphatic carbocycles. The summed E-state index contributed by atoms with van der Waals surface area (Å²) in [6.07, 6.45) is 4.34. The van der Waals surface area contributed by atoms with E-state index in [2.05, 4.69) is 28.1 Å². The number of amides is 3. The van der Waals surface area contributed by atoms with Crippen molar-refractivity contribution in [1.82, 2.24) is 5.32 Å². The number of ether oxygens (including phenoxy) is 1. The van der Waals surface area contributed by atoms with Gasteiger partial charge in [0.05, 0.1) is 17.4 Å². The maximum Gasteiger partial charge on any atom is 0.341 e. The van der Waals surface area contributed by atoms with Gasteiger partial charge in [0.1, 0.15) is 10.7 Å². The largest absolute Gasteiger partial charge is 0.462 e. The highest BCUT2D eigenvalue weighted by atomic mass is 35.5. The van der Waals surface area contributed by atoms with Gasteiger partial charge in [0.15, 0.2) is 0 Å². The summed E-state index contributed by atoms with van der Waals surface area (Å²) >= 11 is 15.6. The number of nitrogens with one attached hydrogen (secondary N) is 3. The molecule has 3 amide bonds. The predicted molar refractivity (Wildman–Crippen MR) is 223 cm³/mol. The fourth-order valence-corrected chi connectivity index (χ4v) is 9.20. The zero-order chi connectivity index (χ0) is 38.9. The molecule has 0 fully saturated rings. The van der Waals surface area contributed by atoms with E-state index in [0.29, 0.717) is 49.8 Å². The van der Waals surface area contributed by atoms with Gasteiger partial charge in [-0.15, -0.1) is 23.1 Å². The Bertz CT molecular complexity index is 2210. The summed E-state index contributed by atoms with van der Waals surface area (Å²) in [5, 5.41) is 9.26. The van der Waals surface area contributed by atoms with Gasteiger partial charge in [-0.2, -0.15) is 0 Å². The van der Waals surface area contributed by atoms with Gasteiger partial charge in [0, 0.05) is 36.6 Å². The topological polar surface area (TPSA) is 114 Å². The van der Waals surface area contributed by atoms with Crippen molar-refractivity contribution in [3.05, 3.63) is 152 Å². The summed E-state index contributed by atoms with van der Waals surface area (Å²) in [5.74, 6) is -1.42. The van der Waals surface area contributed by atoms with Crippen LogP contribution >= 0.6 is 46.3 Å². The Morgan fingerprint density at radius 1 is 0.891 bits per heavy atom. The van der Waals surface area contributed by atoms with Crippen LogP contribution in [0, 0.1) is 0 Å². The van der Waals surface area contributed by atoms with Crippen LogP contribution in [0.15, 0.2) is 114 Å². The monoisotopic (exact) mass is 811 g/mol. The van der Waals surface area contributed by atoms with E-state index < -0.39 is 23.0 Å². The number of anilines is 2. The Hall–Kier alpha value is -4.87. The minimum atomic E-state index is -0.602. The van der Waals surface area contributed by atoms with Crippen LogP contribution in [0.3, 0.4) is 0 Å². The molecule has 6 rings (SSSR count). The van der Waals surface area contributed by atoms with E-state index in [9.17, 15) is 19.2 Å². The van der Waals surface area contributed by atoms with Crippen molar-refractivity contribution in [2.45, 2.75) is 55.6 Å². The third-order valence-corrected chi connectivity index (χ3v) is 12.3. The molecule has 1 heterocycles. The molecule has 2 atom stereocenters. The molecule has 8 nitrogen and oxygen atoms in total. The minimum absolute atomic E-state index is 0.0705. The summed E-state index contributed by atoms with van der Waals surface area (Å²) < 4.78 is 5.46. The number of fused-ring (bicyclic) bond motifs is 1. The fourth-order valence-electron chi connectivity index (χ4n) is 6.36. The molecule has 2 unspecified atom stereocenters. The van der Waals surface area contributed by atoms with Gasteiger partial charge in [-0.25, -0.2) is 4.79 Å². The third-order valence-electron chi connectivity index (χ3n) is 9.10. The first kappa shape index (κ1) is 39.8. The van der Waals surface area contributed by atoms with Crippen LogP contribution in [0.2, 0.25) is 10.0 Å². The lowest BCUT2D eigenvalue weighted by Crippen LogP contribution is -2.30. The molecule has 0 bridgehead atoms. The van der Waals surface area contributed by atoms with Gasteiger partial charge < -0.3 is 20.7 Å². The molecule has 3 N–H and O–H groups in total. The zero-order valence-electron chi connectivity index (χ0n) is 30.2. The smallest absolute Gasteiger partial charge is 0.341 e. The van der Waals surface area contributed by atoms with Crippen LogP contribution in [0.4, 0.5) is 10.7 Å². The molecule has 5 aromatic rings. The molecule has 282 valence electrons. The van der Waals surface area contributed by atoms with E-state index in [-0.39, 0.29) is 18.2 Å². The van der Waals surface area contributed by atoms with Gasteiger partial charge in [-0.05, 0) is 98.2 Å². The molecular weight excluding hydrogens is 774 g/mol. The summed E-state index contributed by atoms with van der Waals surface area (Å²) in [4.78, 5) is 55.8. The Kier molecular flexibility index (Phi) is 13.5. The van der Waals surface area contributed by atoms with Crippen LogP contribution in [0.5, 0.6) is 0 Å². The van der Waals surface area contributed by atoms with Crippen molar-refractivity contribution in [2.75, 3.05) is 17.2 Å². The summed E-state index contributed by atoms with van der Waals surface area (Å²) in [6.45, 7) is 3.92. The maximum atomic E-state index is 13.9. The van der Waals surface area contributed by atoms with Gasteiger partial charge >= 0.3 is 5.97 Å². The second-order valence-electron chi connectivity index (χ2n) is 12.8. The Morgan fingerprint density at radius 2 is 1.58 bits per heavy atom. The summed E-state index contributed by atoms with van der Waals surface area (Å²) in [7, 11) is 0. The highest BCUT2D eigenvalue weighted by Crippen LogP contribution is 2.43. The molecule has 12 heteroatoms. The molecule has 55 heavy (non-hydrogen) atoms. The normalized spacial score (nSPS) is 14.3. The minimum Gasteiger partial charge on any atom is -0.462 e. The van der Waals surface area contributed by atoms with Crippen molar-refractivity contribution in [1.29, 1.82) is 0 Å². The van der Waals surface area contributed by atoms with Crippen LogP contribution in [0.1, 0.15) is 74.9 Å². The van der Waals surface area contributed by atoms with Crippen LogP contribution < -0.4 is 16.0 Å². The standard InChI is InChI=1S/C43H39Cl2N3O5S2/c1-3-36(41(51)48-42-38(43(52)53-4-2)31-22-21-28(23-37(31)55-42)26-13-7-5-8-14-26)54-30-18-11-17-29(24-30)46-40(50)35(25-32-33(44)19-12-20-34(32)45)47-39(49)27-15-9-6-10-16-27/h5-20,24-25,28,36H,3-4,21-23H2,1-2H3,(H,46,50)(H,47,49)(H,48,51)/b35-25+. The lowest BCUT2D eigenvalue weighted by atomic mass is 9.83. The number of hydrogen-bond acceptors (Lipinski definition) is 7. The van der Waals surface area contributed by atoms with Crippen molar-refractivity contribution < 1.29 is 23.9 Å². The molecule has 0 saturated carbocycles. The molecular formula is C43H39Cl2N3O5S2. The van der Waals surface area contributed by atoms with Crippen molar-refractivity contribution in [3.63, 3.8) is 0 Å². The quantitative estimate of drug-likeness (QED) is 0.0620. The van der Waals surface area contributed by atoms with E-state index in [4.69, 9.17) is 27.9 Å². The van der Waals surface area contributed by atoms with E-state index in [1.54, 1.807) is 73.7 Å². The molecule has 0 saturated heterocycles. The number of thiophene rings is 1. The average molecular weight is 813 g/mol. The number of benzene rings is 4. The molecule has 1 aromatic heterocycles. The number of esters is 1. The van der Waals surface area contributed by atoms with Gasteiger partial charge in [0.25, 0.3) is 11.8 Å². The van der Waals surface area contributed by atoms with Crippen LogP contribution in [-0.4, -0.2) is 35.5 Å². The Morgan fingerprint density at radius 3 is 2.27 bits per heavy atom. The van der Waals surface area contributed by atoms with Crippen LogP contribution in [-0.2, 0) is 27.2 Å². The molecule has 4 aromatic carbocycles. The van der Waals surface area contributed by atoms with Gasteiger partial charge in [0.2, 0.25) is 5.91 Å². The zero-order valence-corrected chi connectivity index (χ0v) is 33.3. The van der Waals surface area contributed by atoms with Crippen molar-refractivity contribution in [2.24, 2.45) is 0 Å². The number of halogens is 2. The van der Waals surface area contributed by atoms with Crippen molar-refractivity contribution >= 4 is 86.8 Å². The molecule has 0 radical (unpaired) electrons. The maximum absolute atomic E-state index is 13.9. The summed E-state index contributed by atoms with van der Waals surface area (Å²) in [5.41, 5.74) is 3.78. The molecule has 0 spiro atoms. The Balaban J connectivity index is 1.19. The highest BCUT2D eigenvalue weighted by Gasteiger charge is 2.32. The van der Waals surface area contributed by atoms with Gasteiger partial charge in [-0.3, -0.25) is 14.4 Å². The van der Waals surface area contributed by atoms with E-state index >= 15 is 0 Å². The summed E-state index contributed by atoms with van der Waals surface area (Å²) in [6, 6.07) is 31.0. The SMILES string of the molecule is CCOC(=O)c1c(NC(=O)C(CC)Sc2cccc(NC(=O)/C(=C\c3c(Cl)cccc3Cl)NC(=O)c3ccccc3)c2)sc2c1CCC(c1ccccc1)C2. The fraction of sp³-hybridized carbons (Fsp3) is 0.209. The second-order valence-corrected chi connectivity index (χ2v) is 16.0. The van der Waals surface area contributed by atoms with Crippen molar-refractivity contribution in [3.8, 4) is 0 Å². The molecule has 1 aliphatic rings. The number of carbonyl (C=O) groups is 4. The second kappa shape index (κ2) is 18.6.